The van der Waals surface area contributed by atoms with Gasteiger partial charge in [0.15, 0.2) is 0 Å². The highest BCUT2D eigenvalue weighted by molar-refractivity contribution is 6.35. The van der Waals surface area contributed by atoms with Crippen LogP contribution in [0.2, 0.25) is 10.0 Å². The van der Waals surface area contributed by atoms with Gasteiger partial charge in [0.1, 0.15) is 0 Å². The quantitative estimate of drug-likeness (QED) is 0.803. The van der Waals surface area contributed by atoms with Gasteiger partial charge in [0.05, 0.1) is 0 Å². The van der Waals surface area contributed by atoms with E-state index in [1.54, 1.807) is 6.07 Å². The van der Waals surface area contributed by atoms with Crippen molar-refractivity contribution < 1.29 is 4.79 Å². The summed E-state index contributed by atoms with van der Waals surface area (Å²) in [6, 6.07) is 15.5. The molecule has 1 amide bonds. The molecule has 0 spiro atoms. The maximum atomic E-state index is 12.0. The molecular weight excluding hydrogens is 317 g/mol. The van der Waals surface area contributed by atoms with E-state index in [4.69, 9.17) is 23.2 Å². The molecule has 2 aromatic rings. The third-order valence-corrected chi connectivity index (χ3v) is 4.18. The Morgan fingerprint density at radius 3 is 2.55 bits per heavy atom. The Balaban J connectivity index is 1.78. The van der Waals surface area contributed by atoms with Gasteiger partial charge in [-0.3, -0.25) is 4.79 Å². The normalized spacial score (nSPS) is 12.0. The molecule has 0 bridgehead atoms. The molecule has 1 N–H and O–H groups in total. The molecule has 0 saturated heterocycles. The molecular formula is C18H19Cl2NO. The van der Waals surface area contributed by atoms with Crippen LogP contribution in [-0.4, -0.2) is 12.5 Å². The third-order valence-electron chi connectivity index (χ3n) is 3.59. The fraction of sp³-hybridized carbons (Fsp3) is 0.278. The summed E-state index contributed by atoms with van der Waals surface area (Å²) < 4.78 is 0. The van der Waals surface area contributed by atoms with Crippen LogP contribution in [0.1, 0.15) is 30.4 Å². The maximum Gasteiger partial charge on any atom is 0.220 e. The SMILES string of the molecule is C[C@H](CC(=O)NCCc1ccc(Cl)cc1Cl)c1ccccc1. The van der Waals surface area contributed by atoms with Crippen LogP contribution in [0.5, 0.6) is 0 Å². The van der Waals surface area contributed by atoms with Crippen LogP contribution in [0.25, 0.3) is 0 Å². The second kappa shape index (κ2) is 8.21. The van der Waals surface area contributed by atoms with Crippen LogP contribution < -0.4 is 5.32 Å². The summed E-state index contributed by atoms with van der Waals surface area (Å²) in [6.07, 6.45) is 1.18. The van der Waals surface area contributed by atoms with Gasteiger partial charge in [-0.2, -0.15) is 0 Å². The van der Waals surface area contributed by atoms with E-state index in [-0.39, 0.29) is 11.8 Å². The largest absolute Gasteiger partial charge is 0.356 e. The average molecular weight is 336 g/mol. The van der Waals surface area contributed by atoms with Crippen LogP contribution in [0.4, 0.5) is 0 Å². The van der Waals surface area contributed by atoms with E-state index in [9.17, 15) is 4.79 Å². The first-order valence-corrected chi connectivity index (χ1v) is 8.07. The highest BCUT2D eigenvalue weighted by atomic mass is 35.5. The highest BCUT2D eigenvalue weighted by Crippen LogP contribution is 2.21. The Kier molecular flexibility index (Phi) is 6.29. The zero-order chi connectivity index (χ0) is 15.9. The number of carbonyl (C=O) groups excluding carboxylic acids is 1. The van der Waals surface area contributed by atoms with Crippen molar-refractivity contribution in [2.45, 2.75) is 25.7 Å². The highest BCUT2D eigenvalue weighted by Gasteiger charge is 2.10. The monoisotopic (exact) mass is 335 g/mol. The number of halogens is 2. The number of hydrogen-bond donors (Lipinski definition) is 1. The Labute approximate surface area is 141 Å². The van der Waals surface area contributed by atoms with Crippen LogP contribution in [0.3, 0.4) is 0 Å². The summed E-state index contributed by atoms with van der Waals surface area (Å²) in [5, 5.41) is 4.20. The van der Waals surface area contributed by atoms with Crippen LogP contribution in [0.15, 0.2) is 48.5 Å². The van der Waals surface area contributed by atoms with E-state index in [0.717, 1.165) is 5.56 Å². The lowest BCUT2D eigenvalue weighted by molar-refractivity contribution is -0.121. The molecule has 2 nitrogen and oxygen atoms in total. The first-order chi connectivity index (χ1) is 10.6. The number of hydrogen-bond acceptors (Lipinski definition) is 1. The molecule has 0 aliphatic rings. The molecule has 0 fully saturated rings. The summed E-state index contributed by atoms with van der Waals surface area (Å²) in [5.41, 5.74) is 2.17. The zero-order valence-electron chi connectivity index (χ0n) is 12.5. The summed E-state index contributed by atoms with van der Waals surface area (Å²) in [5.74, 6) is 0.266. The lowest BCUT2D eigenvalue weighted by Crippen LogP contribution is -2.26. The molecule has 22 heavy (non-hydrogen) atoms. The second-order valence-corrected chi connectivity index (χ2v) is 6.20. The van der Waals surface area contributed by atoms with Crippen molar-refractivity contribution in [2.24, 2.45) is 0 Å². The van der Waals surface area contributed by atoms with Crippen LogP contribution in [-0.2, 0) is 11.2 Å². The van der Waals surface area contributed by atoms with Crippen molar-refractivity contribution in [3.8, 4) is 0 Å². The predicted octanol–water partition coefficient (Wildman–Crippen LogP) is 4.85. The summed E-state index contributed by atoms with van der Waals surface area (Å²) in [7, 11) is 0. The van der Waals surface area contributed by atoms with Crippen molar-refractivity contribution in [3.63, 3.8) is 0 Å². The standard InChI is InChI=1S/C18H19Cl2NO/c1-13(14-5-3-2-4-6-14)11-18(22)21-10-9-15-7-8-16(19)12-17(15)20/h2-8,12-13H,9-11H2,1H3,(H,21,22)/t13-/m1/s1. The molecule has 2 aromatic carbocycles. The lowest BCUT2D eigenvalue weighted by atomic mass is 9.97. The van der Waals surface area contributed by atoms with Gasteiger partial charge in [-0.05, 0) is 35.6 Å². The molecule has 0 aliphatic carbocycles. The van der Waals surface area contributed by atoms with Crippen molar-refractivity contribution >= 4 is 29.1 Å². The van der Waals surface area contributed by atoms with E-state index in [2.05, 4.69) is 12.2 Å². The molecule has 4 heteroatoms. The van der Waals surface area contributed by atoms with E-state index in [1.807, 2.05) is 42.5 Å². The minimum absolute atomic E-state index is 0.0569. The van der Waals surface area contributed by atoms with Gasteiger partial charge < -0.3 is 5.32 Å². The molecule has 0 aliphatic heterocycles. The van der Waals surface area contributed by atoms with Crippen molar-refractivity contribution in [2.75, 3.05) is 6.54 Å². The Hall–Kier alpha value is -1.51. The Morgan fingerprint density at radius 1 is 1.14 bits per heavy atom. The van der Waals surface area contributed by atoms with E-state index in [1.165, 1.54) is 5.56 Å². The molecule has 1 atom stereocenters. The maximum absolute atomic E-state index is 12.0. The number of amides is 1. The molecule has 116 valence electrons. The van der Waals surface area contributed by atoms with Crippen molar-refractivity contribution in [3.05, 3.63) is 69.7 Å². The average Bonchev–Trinajstić information content (AvgIpc) is 2.50. The van der Waals surface area contributed by atoms with E-state index in [0.29, 0.717) is 29.4 Å². The minimum atomic E-state index is 0.0569. The van der Waals surface area contributed by atoms with Gasteiger partial charge in [0.25, 0.3) is 0 Å². The lowest BCUT2D eigenvalue weighted by Gasteiger charge is -2.12. The first kappa shape index (κ1) is 16.9. The minimum Gasteiger partial charge on any atom is -0.356 e. The predicted molar refractivity (Wildman–Crippen MR) is 92.6 cm³/mol. The summed E-state index contributed by atoms with van der Waals surface area (Å²) in [4.78, 5) is 12.0. The molecule has 0 saturated carbocycles. The van der Waals surface area contributed by atoms with Crippen LogP contribution >= 0.6 is 23.2 Å². The summed E-state index contributed by atoms with van der Waals surface area (Å²) in [6.45, 7) is 2.63. The summed E-state index contributed by atoms with van der Waals surface area (Å²) >= 11 is 12.0. The molecule has 0 heterocycles. The van der Waals surface area contributed by atoms with Crippen LogP contribution in [0, 0.1) is 0 Å². The van der Waals surface area contributed by atoms with E-state index < -0.39 is 0 Å². The molecule has 2 rings (SSSR count). The number of benzene rings is 2. The Bertz CT molecular complexity index is 628. The second-order valence-electron chi connectivity index (χ2n) is 5.35. The van der Waals surface area contributed by atoms with Crippen molar-refractivity contribution in [1.29, 1.82) is 0 Å². The van der Waals surface area contributed by atoms with Gasteiger partial charge >= 0.3 is 0 Å². The van der Waals surface area contributed by atoms with Gasteiger partial charge in [-0.15, -0.1) is 0 Å². The Morgan fingerprint density at radius 2 is 1.86 bits per heavy atom. The molecule has 0 unspecified atom stereocenters. The topological polar surface area (TPSA) is 29.1 Å². The van der Waals surface area contributed by atoms with E-state index >= 15 is 0 Å². The molecule has 0 radical (unpaired) electrons. The number of carbonyl (C=O) groups is 1. The first-order valence-electron chi connectivity index (χ1n) is 7.32. The number of nitrogens with one attached hydrogen (secondary N) is 1. The fourth-order valence-electron chi connectivity index (χ4n) is 2.31. The van der Waals surface area contributed by atoms with Gasteiger partial charge in [0, 0.05) is 23.0 Å². The van der Waals surface area contributed by atoms with Gasteiger partial charge in [0.2, 0.25) is 5.91 Å². The van der Waals surface area contributed by atoms with Gasteiger partial charge in [-0.25, -0.2) is 0 Å². The number of rotatable bonds is 6. The fourth-order valence-corrected chi connectivity index (χ4v) is 2.81. The zero-order valence-corrected chi connectivity index (χ0v) is 14.0. The smallest absolute Gasteiger partial charge is 0.220 e. The molecule has 0 aromatic heterocycles. The third kappa shape index (κ3) is 5.04. The van der Waals surface area contributed by atoms with Gasteiger partial charge in [-0.1, -0.05) is 66.5 Å². The van der Waals surface area contributed by atoms with Crippen molar-refractivity contribution in [1.82, 2.24) is 5.32 Å².